The summed E-state index contributed by atoms with van der Waals surface area (Å²) >= 11 is 0. The first kappa shape index (κ1) is 13.5. The van der Waals surface area contributed by atoms with Crippen molar-refractivity contribution in [1.82, 2.24) is 0 Å². The molecule has 5 nitrogen and oxygen atoms in total. The second-order valence-electron chi connectivity index (χ2n) is 4.57. The number of carbonyl (C=O) groups is 2. The summed E-state index contributed by atoms with van der Waals surface area (Å²) in [6, 6.07) is 7.58. The van der Waals surface area contributed by atoms with Crippen molar-refractivity contribution in [2.75, 3.05) is 5.32 Å². The molecule has 1 fully saturated rings. The zero-order valence-corrected chi connectivity index (χ0v) is 10.8. The average Bonchev–Trinajstić information content (AvgIpc) is 2.89. The van der Waals surface area contributed by atoms with Crippen molar-refractivity contribution in [3.63, 3.8) is 0 Å². The summed E-state index contributed by atoms with van der Waals surface area (Å²) in [4.78, 5) is 22.7. The van der Waals surface area contributed by atoms with Gasteiger partial charge in [0, 0.05) is 5.69 Å². The van der Waals surface area contributed by atoms with Gasteiger partial charge in [-0.15, -0.1) is 0 Å². The van der Waals surface area contributed by atoms with Gasteiger partial charge >= 0.3 is 5.97 Å². The van der Waals surface area contributed by atoms with Gasteiger partial charge in [-0.05, 0) is 37.0 Å². The number of carboxylic acid groups (broad SMARTS) is 1. The van der Waals surface area contributed by atoms with E-state index in [0.29, 0.717) is 18.5 Å². The van der Waals surface area contributed by atoms with E-state index in [2.05, 4.69) is 5.32 Å². The minimum atomic E-state index is -1.01. The van der Waals surface area contributed by atoms with Crippen LogP contribution in [-0.4, -0.2) is 29.2 Å². The lowest BCUT2D eigenvalue weighted by Crippen LogP contribution is -2.29. The van der Waals surface area contributed by atoms with Crippen molar-refractivity contribution < 1.29 is 19.4 Å². The number of carbonyl (C=O) groups excluding carboxylic acids is 1. The van der Waals surface area contributed by atoms with E-state index in [4.69, 9.17) is 9.84 Å². The monoisotopic (exact) mass is 263 g/mol. The molecule has 19 heavy (non-hydrogen) atoms. The Kier molecular flexibility index (Phi) is 4.16. The van der Waals surface area contributed by atoms with Crippen LogP contribution < -0.4 is 5.32 Å². The SMILES string of the molecule is CCc1cccc(NC(=O)C2CCC(C(=O)O)O2)c1. The summed E-state index contributed by atoms with van der Waals surface area (Å²) < 4.78 is 5.20. The first-order chi connectivity index (χ1) is 9.10. The summed E-state index contributed by atoms with van der Waals surface area (Å²) in [5.74, 6) is -1.29. The zero-order chi connectivity index (χ0) is 13.8. The highest BCUT2D eigenvalue weighted by Crippen LogP contribution is 2.21. The highest BCUT2D eigenvalue weighted by atomic mass is 16.5. The molecule has 1 amide bonds. The third-order valence-electron chi connectivity index (χ3n) is 3.19. The zero-order valence-electron chi connectivity index (χ0n) is 10.8. The van der Waals surface area contributed by atoms with Crippen LogP contribution in [0.4, 0.5) is 5.69 Å². The van der Waals surface area contributed by atoms with E-state index in [0.717, 1.165) is 12.0 Å². The van der Waals surface area contributed by atoms with E-state index in [9.17, 15) is 9.59 Å². The van der Waals surface area contributed by atoms with Gasteiger partial charge in [-0.2, -0.15) is 0 Å². The maximum atomic E-state index is 12.0. The first-order valence-corrected chi connectivity index (χ1v) is 6.38. The lowest BCUT2D eigenvalue weighted by molar-refractivity contribution is -0.150. The molecule has 1 aromatic carbocycles. The van der Waals surface area contributed by atoms with Crippen LogP contribution in [0.2, 0.25) is 0 Å². The number of aryl methyl sites for hydroxylation is 1. The van der Waals surface area contributed by atoms with E-state index in [1.807, 2.05) is 25.1 Å². The fraction of sp³-hybridized carbons (Fsp3) is 0.429. The number of anilines is 1. The number of ether oxygens (including phenoxy) is 1. The number of aliphatic carboxylic acids is 1. The molecular weight excluding hydrogens is 246 g/mol. The van der Waals surface area contributed by atoms with Crippen molar-refractivity contribution in [3.05, 3.63) is 29.8 Å². The van der Waals surface area contributed by atoms with Crippen LogP contribution in [0.3, 0.4) is 0 Å². The lowest BCUT2D eigenvalue weighted by Gasteiger charge is -2.12. The predicted molar refractivity (Wildman–Crippen MR) is 70.0 cm³/mol. The first-order valence-electron chi connectivity index (χ1n) is 6.38. The molecule has 102 valence electrons. The summed E-state index contributed by atoms with van der Waals surface area (Å²) in [5, 5.41) is 11.6. The molecule has 1 aromatic rings. The summed E-state index contributed by atoms with van der Waals surface area (Å²) in [7, 11) is 0. The number of nitrogens with one attached hydrogen (secondary N) is 1. The molecule has 5 heteroatoms. The van der Waals surface area contributed by atoms with Crippen LogP contribution >= 0.6 is 0 Å². The maximum Gasteiger partial charge on any atom is 0.332 e. The highest BCUT2D eigenvalue weighted by molar-refractivity contribution is 5.94. The Hall–Kier alpha value is -1.88. The molecule has 2 atom stereocenters. The average molecular weight is 263 g/mol. The van der Waals surface area contributed by atoms with Crippen LogP contribution in [0, 0.1) is 0 Å². The van der Waals surface area contributed by atoms with Crippen molar-refractivity contribution in [2.45, 2.75) is 38.4 Å². The summed E-state index contributed by atoms with van der Waals surface area (Å²) in [6.45, 7) is 2.04. The smallest absolute Gasteiger partial charge is 0.332 e. The molecule has 1 aliphatic rings. The molecule has 0 saturated carbocycles. The molecule has 0 aliphatic carbocycles. The Bertz CT molecular complexity index is 486. The van der Waals surface area contributed by atoms with Gasteiger partial charge in [0.1, 0.15) is 6.10 Å². The van der Waals surface area contributed by atoms with E-state index in [-0.39, 0.29) is 5.91 Å². The molecule has 2 N–H and O–H groups in total. The van der Waals surface area contributed by atoms with E-state index in [1.165, 1.54) is 0 Å². The molecule has 0 bridgehead atoms. The quantitative estimate of drug-likeness (QED) is 0.868. The largest absolute Gasteiger partial charge is 0.479 e. The number of hydrogen-bond donors (Lipinski definition) is 2. The number of benzene rings is 1. The normalized spacial score (nSPS) is 22.2. The van der Waals surface area contributed by atoms with Gasteiger partial charge in [0.25, 0.3) is 5.91 Å². The standard InChI is InChI=1S/C14H17NO4/c1-2-9-4-3-5-10(8-9)15-13(16)11-6-7-12(19-11)14(17)18/h3-5,8,11-12H,2,6-7H2,1H3,(H,15,16)(H,17,18). The Morgan fingerprint density at radius 3 is 2.74 bits per heavy atom. The van der Waals surface area contributed by atoms with Gasteiger partial charge < -0.3 is 15.2 Å². The Morgan fingerprint density at radius 2 is 2.11 bits per heavy atom. The van der Waals surface area contributed by atoms with Crippen LogP contribution in [0.25, 0.3) is 0 Å². The minimum absolute atomic E-state index is 0.281. The Labute approximate surface area is 111 Å². The number of carboxylic acids is 1. The van der Waals surface area contributed by atoms with Gasteiger partial charge in [0.2, 0.25) is 0 Å². The second-order valence-corrected chi connectivity index (χ2v) is 4.57. The van der Waals surface area contributed by atoms with Crippen molar-refractivity contribution in [1.29, 1.82) is 0 Å². The van der Waals surface area contributed by atoms with Gasteiger partial charge in [-0.25, -0.2) is 4.79 Å². The van der Waals surface area contributed by atoms with E-state index >= 15 is 0 Å². The molecule has 1 aliphatic heterocycles. The van der Waals surface area contributed by atoms with Crippen LogP contribution in [0.5, 0.6) is 0 Å². The van der Waals surface area contributed by atoms with E-state index < -0.39 is 18.2 Å². The molecule has 1 saturated heterocycles. The highest BCUT2D eigenvalue weighted by Gasteiger charge is 2.34. The van der Waals surface area contributed by atoms with Crippen LogP contribution in [-0.2, 0) is 20.7 Å². The molecular formula is C14H17NO4. The fourth-order valence-corrected chi connectivity index (χ4v) is 2.10. The molecule has 2 unspecified atom stereocenters. The summed E-state index contributed by atoms with van der Waals surface area (Å²) in [6.07, 6.45) is 0.174. The summed E-state index contributed by atoms with van der Waals surface area (Å²) in [5.41, 5.74) is 1.85. The maximum absolute atomic E-state index is 12.0. The van der Waals surface area contributed by atoms with Crippen molar-refractivity contribution in [3.8, 4) is 0 Å². The number of hydrogen-bond acceptors (Lipinski definition) is 3. The Morgan fingerprint density at radius 1 is 1.37 bits per heavy atom. The third kappa shape index (κ3) is 3.32. The second kappa shape index (κ2) is 5.84. The molecule has 0 spiro atoms. The lowest BCUT2D eigenvalue weighted by atomic mass is 10.1. The predicted octanol–water partition coefficient (Wildman–Crippen LogP) is 1.82. The number of amides is 1. The van der Waals surface area contributed by atoms with Gasteiger partial charge in [0.15, 0.2) is 6.10 Å². The molecule has 2 rings (SSSR count). The topological polar surface area (TPSA) is 75.6 Å². The van der Waals surface area contributed by atoms with E-state index in [1.54, 1.807) is 6.07 Å². The number of rotatable bonds is 4. The van der Waals surface area contributed by atoms with Gasteiger partial charge in [-0.1, -0.05) is 19.1 Å². The molecule has 1 heterocycles. The fourth-order valence-electron chi connectivity index (χ4n) is 2.10. The Balaban J connectivity index is 1.96. The van der Waals surface area contributed by atoms with Crippen molar-refractivity contribution in [2.24, 2.45) is 0 Å². The third-order valence-corrected chi connectivity index (χ3v) is 3.19. The van der Waals surface area contributed by atoms with Crippen LogP contribution in [0.1, 0.15) is 25.3 Å². The van der Waals surface area contributed by atoms with Crippen molar-refractivity contribution >= 4 is 17.6 Å². The minimum Gasteiger partial charge on any atom is -0.479 e. The molecule has 0 aromatic heterocycles. The van der Waals surface area contributed by atoms with Gasteiger partial charge in [0.05, 0.1) is 0 Å². The molecule has 0 radical (unpaired) electrons. The van der Waals surface area contributed by atoms with Crippen LogP contribution in [0.15, 0.2) is 24.3 Å². The van der Waals surface area contributed by atoms with Gasteiger partial charge in [-0.3, -0.25) is 4.79 Å².